The van der Waals surface area contributed by atoms with Gasteiger partial charge in [-0.15, -0.1) is 0 Å². The van der Waals surface area contributed by atoms with Crippen molar-refractivity contribution < 1.29 is 42.1 Å². The van der Waals surface area contributed by atoms with Crippen LogP contribution in [-0.2, 0) is 32.7 Å². The number of hydrogen-bond acceptors (Lipinski definition) is 8. The second kappa shape index (κ2) is 43.9. The lowest BCUT2D eigenvalue weighted by atomic mass is 10.0. The molecule has 0 saturated carbocycles. The Morgan fingerprint density at radius 2 is 0.919 bits per heavy atom. The van der Waals surface area contributed by atoms with Gasteiger partial charge in [0.1, 0.15) is 19.8 Å². The number of allylic oxidation sites excluding steroid dienone is 10. The molecule has 360 valence electrons. The van der Waals surface area contributed by atoms with Crippen LogP contribution in [0.1, 0.15) is 206 Å². The van der Waals surface area contributed by atoms with Gasteiger partial charge in [0.15, 0.2) is 6.10 Å². The summed E-state index contributed by atoms with van der Waals surface area (Å²) in [7, 11) is 1.14. The molecule has 10 heteroatoms. The van der Waals surface area contributed by atoms with Crippen LogP contribution in [-0.4, -0.2) is 70.0 Å². The van der Waals surface area contributed by atoms with Crippen LogP contribution in [0.3, 0.4) is 0 Å². The normalized spacial score (nSPS) is 14.0. The number of nitrogens with zero attached hydrogens (tertiary/aromatic N) is 1. The van der Waals surface area contributed by atoms with Gasteiger partial charge in [-0.05, 0) is 57.8 Å². The smallest absolute Gasteiger partial charge is 0.306 e. The van der Waals surface area contributed by atoms with Crippen LogP contribution in [0.5, 0.6) is 0 Å². The minimum absolute atomic E-state index is 0.0389. The summed E-state index contributed by atoms with van der Waals surface area (Å²) in [6.07, 6.45) is 53.9. The standard InChI is InChI=1S/C52H94NO8P/c1-6-8-10-12-14-16-18-20-22-24-26-28-30-32-34-36-38-40-42-44-51(54)58-48-50(49-60-62(56,57)59-47-46-53(3,4)5)61-52(55)45-43-41-39-37-35-33-31-29-27-25-23-21-19-17-15-13-11-9-7-2/h9,11,15,17,21,23,27,29,33,35,50H,6-8,10,12-14,16,18-20,22,24-26,28,30-32,34,36-49H2,1-5H3/b11-9-,17-15-,23-21-,29-27-,35-33-/t50-/m1/s1. The van der Waals surface area contributed by atoms with Crippen molar-refractivity contribution >= 4 is 19.8 Å². The highest BCUT2D eigenvalue weighted by Gasteiger charge is 2.21. The minimum Gasteiger partial charge on any atom is -0.756 e. The first-order valence-electron chi connectivity index (χ1n) is 25.0. The van der Waals surface area contributed by atoms with E-state index in [4.69, 9.17) is 18.5 Å². The van der Waals surface area contributed by atoms with Crippen molar-refractivity contribution in [1.82, 2.24) is 0 Å². The van der Waals surface area contributed by atoms with E-state index in [-0.39, 0.29) is 26.1 Å². The number of ether oxygens (including phenoxy) is 2. The molecule has 0 aliphatic carbocycles. The van der Waals surface area contributed by atoms with Gasteiger partial charge in [-0.1, -0.05) is 197 Å². The molecular weight excluding hydrogens is 798 g/mol. The second-order valence-electron chi connectivity index (χ2n) is 17.8. The second-order valence-corrected chi connectivity index (χ2v) is 19.2. The fourth-order valence-corrected chi connectivity index (χ4v) is 7.41. The Morgan fingerprint density at radius 3 is 1.37 bits per heavy atom. The molecule has 9 nitrogen and oxygen atoms in total. The predicted molar refractivity (Wildman–Crippen MR) is 259 cm³/mol. The summed E-state index contributed by atoms with van der Waals surface area (Å²) >= 11 is 0. The van der Waals surface area contributed by atoms with Gasteiger partial charge in [-0.3, -0.25) is 14.2 Å². The summed E-state index contributed by atoms with van der Waals surface area (Å²) in [5, 5.41) is 0. The number of rotatable bonds is 45. The summed E-state index contributed by atoms with van der Waals surface area (Å²) < 4.78 is 34.0. The van der Waals surface area contributed by atoms with E-state index in [1.54, 1.807) is 0 Å². The van der Waals surface area contributed by atoms with E-state index in [9.17, 15) is 19.0 Å². The van der Waals surface area contributed by atoms with Crippen LogP contribution < -0.4 is 4.89 Å². The van der Waals surface area contributed by atoms with E-state index in [1.165, 1.54) is 103 Å². The molecule has 0 aromatic rings. The van der Waals surface area contributed by atoms with Gasteiger partial charge in [0.2, 0.25) is 0 Å². The van der Waals surface area contributed by atoms with Crippen molar-refractivity contribution in [1.29, 1.82) is 0 Å². The third-order valence-electron chi connectivity index (χ3n) is 10.6. The van der Waals surface area contributed by atoms with Crippen LogP contribution in [0.25, 0.3) is 0 Å². The van der Waals surface area contributed by atoms with E-state index in [2.05, 4.69) is 74.6 Å². The monoisotopic (exact) mass is 892 g/mol. The molecule has 62 heavy (non-hydrogen) atoms. The molecule has 0 amide bonds. The molecule has 0 heterocycles. The average Bonchev–Trinajstić information content (AvgIpc) is 3.23. The van der Waals surface area contributed by atoms with Crippen molar-refractivity contribution in [3.05, 3.63) is 60.8 Å². The lowest BCUT2D eigenvalue weighted by Crippen LogP contribution is -2.37. The van der Waals surface area contributed by atoms with Gasteiger partial charge in [0.05, 0.1) is 27.7 Å². The molecule has 0 rings (SSSR count). The number of hydrogen-bond donors (Lipinski definition) is 0. The van der Waals surface area contributed by atoms with Gasteiger partial charge in [0.25, 0.3) is 7.82 Å². The third kappa shape index (κ3) is 47.2. The number of esters is 2. The molecule has 0 fully saturated rings. The number of carbonyl (C=O) groups excluding carboxylic acids is 2. The Kier molecular flexibility index (Phi) is 42.3. The average molecular weight is 892 g/mol. The van der Waals surface area contributed by atoms with Gasteiger partial charge in [0, 0.05) is 12.8 Å². The zero-order valence-corrected chi connectivity index (χ0v) is 41.4. The van der Waals surface area contributed by atoms with Crippen LogP contribution in [0.15, 0.2) is 60.8 Å². The maximum atomic E-state index is 12.7. The summed E-state index contributed by atoms with van der Waals surface area (Å²) in [6.45, 7) is 4.09. The Bertz CT molecular complexity index is 1240. The van der Waals surface area contributed by atoms with Gasteiger partial charge in [-0.25, -0.2) is 0 Å². The molecular formula is C52H94NO8P. The first-order chi connectivity index (χ1) is 30.0. The number of phosphoric acid groups is 1. The quantitative estimate of drug-likeness (QED) is 0.0195. The Balaban J connectivity index is 4.33. The first kappa shape index (κ1) is 59.7. The number of phosphoric ester groups is 1. The molecule has 0 aromatic heterocycles. The SMILES string of the molecule is CC/C=C\C/C=C\C/C=C\C/C=C\C/C=C\CCCCCC(=O)O[C@H](COC(=O)CCCCCCCCCCCCCCCCCCCCC)COP(=O)([O-])OCC[N+](C)(C)C. The van der Waals surface area contributed by atoms with Crippen molar-refractivity contribution in [2.45, 2.75) is 213 Å². The van der Waals surface area contributed by atoms with E-state index >= 15 is 0 Å². The molecule has 0 radical (unpaired) electrons. The van der Waals surface area contributed by atoms with E-state index < -0.39 is 32.5 Å². The molecule has 0 N–H and O–H groups in total. The molecule has 1 unspecified atom stereocenters. The zero-order valence-electron chi connectivity index (χ0n) is 40.6. The van der Waals surface area contributed by atoms with Crippen molar-refractivity contribution in [2.24, 2.45) is 0 Å². The highest BCUT2D eigenvalue weighted by atomic mass is 31.2. The fraction of sp³-hybridized carbons (Fsp3) is 0.769. The highest BCUT2D eigenvalue weighted by molar-refractivity contribution is 7.45. The van der Waals surface area contributed by atoms with Gasteiger partial charge in [-0.2, -0.15) is 0 Å². The molecule has 0 aliphatic heterocycles. The van der Waals surface area contributed by atoms with Gasteiger partial charge < -0.3 is 27.9 Å². The molecule has 0 aliphatic rings. The maximum absolute atomic E-state index is 12.7. The first-order valence-corrected chi connectivity index (χ1v) is 26.5. The van der Waals surface area contributed by atoms with E-state index in [1.807, 2.05) is 21.1 Å². The van der Waals surface area contributed by atoms with Crippen molar-refractivity contribution in [3.8, 4) is 0 Å². The number of quaternary nitrogens is 1. The van der Waals surface area contributed by atoms with E-state index in [0.29, 0.717) is 17.4 Å². The summed E-state index contributed by atoms with van der Waals surface area (Å²) in [5.41, 5.74) is 0. The van der Waals surface area contributed by atoms with E-state index in [0.717, 1.165) is 70.6 Å². The van der Waals surface area contributed by atoms with Crippen LogP contribution >= 0.6 is 7.82 Å². The summed E-state index contributed by atoms with van der Waals surface area (Å²) in [5.74, 6) is -0.868. The Morgan fingerprint density at radius 1 is 0.516 bits per heavy atom. The largest absolute Gasteiger partial charge is 0.756 e. The van der Waals surface area contributed by atoms with Gasteiger partial charge >= 0.3 is 11.9 Å². The van der Waals surface area contributed by atoms with Crippen LogP contribution in [0.4, 0.5) is 0 Å². The molecule has 0 aromatic carbocycles. The number of unbranched alkanes of at least 4 members (excludes halogenated alkanes) is 21. The lowest BCUT2D eigenvalue weighted by molar-refractivity contribution is -0.870. The maximum Gasteiger partial charge on any atom is 0.306 e. The molecule has 0 spiro atoms. The Labute approximate surface area is 381 Å². The fourth-order valence-electron chi connectivity index (χ4n) is 6.68. The molecule has 2 atom stereocenters. The number of likely N-dealkylation sites (N-methyl/N-ethyl adjacent to an activating group) is 1. The third-order valence-corrected chi connectivity index (χ3v) is 11.5. The van der Waals surface area contributed by atoms with Crippen LogP contribution in [0.2, 0.25) is 0 Å². The highest BCUT2D eigenvalue weighted by Crippen LogP contribution is 2.38. The lowest BCUT2D eigenvalue weighted by Gasteiger charge is -2.28. The summed E-state index contributed by atoms with van der Waals surface area (Å²) in [6, 6.07) is 0. The predicted octanol–water partition coefficient (Wildman–Crippen LogP) is 14.2. The summed E-state index contributed by atoms with van der Waals surface area (Å²) in [4.78, 5) is 37.7. The molecule has 0 bridgehead atoms. The molecule has 0 saturated heterocycles. The van der Waals surface area contributed by atoms with Crippen molar-refractivity contribution in [3.63, 3.8) is 0 Å². The Hall–Kier alpha value is -2.29. The van der Waals surface area contributed by atoms with Crippen molar-refractivity contribution in [2.75, 3.05) is 47.5 Å². The minimum atomic E-state index is -4.64. The zero-order chi connectivity index (χ0) is 45.7. The van der Waals surface area contributed by atoms with Crippen LogP contribution in [0, 0.1) is 0 Å². The number of carbonyl (C=O) groups is 2. The topological polar surface area (TPSA) is 111 Å².